The normalized spacial score (nSPS) is 29.4. The van der Waals surface area contributed by atoms with Crippen LogP contribution in [-0.4, -0.2) is 29.3 Å². The minimum Gasteiger partial charge on any atom is -0.391 e. The average Bonchev–Trinajstić information content (AvgIpc) is 2.65. The Morgan fingerprint density at radius 2 is 2.58 bits per heavy atom. The number of nitrogens with one attached hydrogen (secondary N) is 1. The molecule has 0 aromatic carbocycles. The van der Waals surface area contributed by atoms with E-state index in [2.05, 4.69) is 10.3 Å². The third-order valence-corrected chi connectivity index (χ3v) is 2.89. The maximum Gasteiger partial charge on any atom is 0.0794 e. The van der Waals surface area contributed by atoms with Crippen molar-refractivity contribution in [2.45, 2.75) is 12.5 Å². The van der Waals surface area contributed by atoms with Gasteiger partial charge in [-0.05, 0) is 6.42 Å². The second-order valence-corrected chi connectivity index (χ2v) is 3.89. The van der Waals surface area contributed by atoms with Gasteiger partial charge < -0.3 is 10.4 Å². The number of nitrogens with zero attached hydrogens (tertiary/aromatic N) is 1. The number of thiazole rings is 1. The first-order valence-corrected chi connectivity index (χ1v) is 5.06. The Morgan fingerprint density at radius 1 is 1.67 bits per heavy atom. The molecule has 4 heteroatoms. The monoisotopic (exact) mass is 184 g/mol. The Bertz CT molecular complexity index is 237. The van der Waals surface area contributed by atoms with Gasteiger partial charge in [-0.25, -0.2) is 4.98 Å². The highest BCUT2D eigenvalue weighted by Crippen LogP contribution is 2.15. The predicted octanol–water partition coefficient (Wildman–Crippen LogP) is 0.266. The van der Waals surface area contributed by atoms with E-state index in [1.54, 1.807) is 11.3 Å². The number of rotatable bonds is 2. The summed E-state index contributed by atoms with van der Waals surface area (Å²) in [5, 5.41) is 14.7. The zero-order chi connectivity index (χ0) is 8.39. The summed E-state index contributed by atoms with van der Waals surface area (Å²) in [6.07, 6.45) is 0.712. The quantitative estimate of drug-likeness (QED) is 0.693. The van der Waals surface area contributed by atoms with Crippen LogP contribution < -0.4 is 5.32 Å². The molecule has 2 atom stereocenters. The summed E-state index contributed by atoms with van der Waals surface area (Å²) in [7, 11) is 0. The van der Waals surface area contributed by atoms with Gasteiger partial charge >= 0.3 is 0 Å². The van der Waals surface area contributed by atoms with Gasteiger partial charge in [0.1, 0.15) is 0 Å². The van der Waals surface area contributed by atoms with Crippen LogP contribution in [0.1, 0.15) is 5.69 Å². The van der Waals surface area contributed by atoms with Gasteiger partial charge in [-0.15, -0.1) is 11.3 Å². The molecular formula is C8H12N2OS. The molecular weight excluding hydrogens is 172 g/mol. The molecule has 2 heterocycles. The van der Waals surface area contributed by atoms with Crippen molar-refractivity contribution < 1.29 is 5.11 Å². The smallest absolute Gasteiger partial charge is 0.0794 e. The van der Waals surface area contributed by atoms with Crippen molar-refractivity contribution in [3.8, 4) is 0 Å². The fraction of sp³-hybridized carbons (Fsp3) is 0.625. The van der Waals surface area contributed by atoms with E-state index in [-0.39, 0.29) is 6.10 Å². The summed E-state index contributed by atoms with van der Waals surface area (Å²) in [4.78, 5) is 4.19. The van der Waals surface area contributed by atoms with Crippen molar-refractivity contribution in [1.82, 2.24) is 10.3 Å². The Labute approximate surface area is 75.5 Å². The molecule has 66 valence electrons. The predicted molar refractivity (Wildman–Crippen MR) is 48.2 cm³/mol. The summed E-state index contributed by atoms with van der Waals surface area (Å²) in [6, 6.07) is 0. The van der Waals surface area contributed by atoms with Crippen LogP contribution in [0.15, 0.2) is 10.9 Å². The summed E-state index contributed by atoms with van der Waals surface area (Å²) in [5.74, 6) is 0.354. The molecule has 2 N–H and O–H groups in total. The topological polar surface area (TPSA) is 45.1 Å². The van der Waals surface area contributed by atoms with Gasteiger partial charge in [0, 0.05) is 24.4 Å². The standard InChI is InChI=1S/C8H12N2OS/c11-8-3-9-2-6(8)1-7-4-12-5-10-7/h4-6,8-9,11H,1-3H2/t6-,8-/m1/s1. The fourth-order valence-electron chi connectivity index (χ4n) is 1.53. The Morgan fingerprint density at radius 3 is 3.17 bits per heavy atom. The van der Waals surface area contributed by atoms with Crippen LogP contribution in [0, 0.1) is 5.92 Å². The van der Waals surface area contributed by atoms with Crippen LogP contribution in [0.5, 0.6) is 0 Å². The molecule has 3 nitrogen and oxygen atoms in total. The number of aliphatic hydroxyl groups excluding tert-OH is 1. The van der Waals surface area contributed by atoms with Crippen molar-refractivity contribution >= 4 is 11.3 Å². The van der Waals surface area contributed by atoms with E-state index in [1.807, 2.05) is 10.9 Å². The molecule has 12 heavy (non-hydrogen) atoms. The molecule has 1 aromatic rings. The third kappa shape index (κ3) is 1.65. The first-order valence-electron chi connectivity index (χ1n) is 4.12. The van der Waals surface area contributed by atoms with Gasteiger partial charge in [-0.1, -0.05) is 0 Å². The second-order valence-electron chi connectivity index (χ2n) is 3.17. The van der Waals surface area contributed by atoms with Gasteiger partial charge in [0.25, 0.3) is 0 Å². The van der Waals surface area contributed by atoms with Gasteiger partial charge in [-0.3, -0.25) is 0 Å². The lowest BCUT2D eigenvalue weighted by molar-refractivity contribution is 0.147. The van der Waals surface area contributed by atoms with E-state index in [4.69, 9.17) is 0 Å². The minimum absolute atomic E-state index is 0.188. The van der Waals surface area contributed by atoms with Gasteiger partial charge in [0.05, 0.1) is 17.3 Å². The van der Waals surface area contributed by atoms with E-state index >= 15 is 0 Å². The van der Waals surface area contributed by atoms with Gasteiger partial charge in [0.2, 0.25) is 0 Å². The average molecular weight is 184 g/mol. The van der Waals surface area contributed by atoms with Crippen molar-refractivity contribution in [2.75, 3.05) is 13.1 Å². The first kappa shape index (κ1) is 8.16. The molecule has 1 aliphatic rings. The maximum atomic E-state index is 9.50. The lowest BCUT2D eigenvalue weighted by Crippen LogP contribution is -2.19. The largest absolute Gasteiger partial charge is 0.391 e. The van der Waals surface area contributed by atoms with E-state index < -0.39 is 0 Å². The highest BCUT2D eigenvalue weighted by molar-refractivity contribution is 7.07. The lowest BCUT2D eigenvalue weighted by Gasteiger charge is -2.10. The molecule has 0 aliphatic carbocycles. The number of β-amino-alcohol motifs (C(OH)–C–C–N with tert-alkyl or cyclic N) is 1. The summed E-state index contributed by atoms with van der Waals surface area (Å²) >= 11 is 1.61. The zero-order valence-electron chi connectivity index (χ0n) is 6.73. The third-order valence-electron chi connectivity index (χ3n) is 2.26. The SMILES string of the molecule is O[C@@H]1CNC[C@H]1Cc1cscn1. The summed E-state index contributed by atoms with van der Waals surface area (Å²) in [6.45, 7) is 1.65. The van der Waals surface area contributed by atoms with Crippen molar-refractivity contribution in [3.05, 3.63) is 16.6 Å². The highest BCUT2D eigenvalue weighted by atomic mass is 32.1. The van der Waals surface area contributed by atoms with Crippen molar-refractivity contribution in [3.63, 3.8) is 0 Å². The molecule has 0 bridgehead atoms. The number of hydrogen-bond donors (Lipinski definition) is 2. The Balaban J connectivity index is 1.95. The van der Waals surface area contributed by atoms with E-state index in [9.17, 15) is 5.11 Å². The van der Waals surface area contributed by atoms with E-state index in [1.165, 1.54) is 0 Å². The molecule has 0 radical (unpaired) electrons. The number of aromatic nitrogens is 1. The first-order chi connectivity index (χ1) is 5.86. The number of hydrogen-bond acceptors (Lipinski definition) is 4. The van der Waals surface area contributed by atoms with Crippen molar-refractivity contribution in [1.29, 1.82) is 0 Å². The molecule has 0 saturated carbocycles. The van der Waals surface area contributed by atoms with Crippen LogP contribution in [0.4, 0.5) is 0 Å². The van der Waals surface area contributed by atoms with Crippen LogP contribution in [0.2, 0.25) is 0 Å². The van der Waals surface area contributed by atoms with Crippen LogP contribution >= 0.6 is 11.3 Å². The van der Waals surface area contributed by atoms with Crippen LogP contribution in [-0.2, 0) is 6.42 Å². The molecule has 1 aromatic heterocycles. The van der Waals surface area contributed by atoms with Crippen LogP contribution in [0.25, 0.3) is 0 Å². The molecule has 1 saturated heterocycles. The molecule has 2 rings (SSSR count). The molecule has 0 amide bonds. The maximum absolute atomic E-state index is 9.50. The highest BCUT2D eigenvalue weighted by Gasteiger charge is 2.25. The molecule has 0 unspecified atom stereocenters. The Kier molecular flexibility index (Phi) is 2.39. The van der Waals surface area contributed by atoms with Gasteiger partial charge in [-0.2, -0.15) is 0 Å². The molecule has 0 spiro atoms. The van der Waals surface area contributed by atoms with E-state index in [0.717, 1.165) is 25.2 Å². The zero-order valence-corrected chi connectivity index (χ0v) is 7.55. The summed E-state index contributed by atoms with van der Waals surface area (Å²) in [5.41, 5.74) is 2.94. The van der Waals surface area contributed by atoms with E-state index in [0.29, 0.717) is 5.92 Å². The molecule has 1 aliphatic heterocycles. The minimum atomic E-state index is -0.188. The van der Waals surface area contributed by atoms with Gasteiger partial charge in [0.15, 0.2) is 0 Å². The molecule has 1 fully saturated rings. The summed E-state index contributed by atoms with van der Waals surface area (Å²) < 4.78 is 0. The fourth-order valence-corrected chi connectivity index (χ4v) is 2.11. The Hall–Kier alpha value is -0.450. The van der Waals surface area contributed by atoms with Crippen LogP contribution in [0.3, 0.4) is 0 Å². The second kappa shape index (κ2) is 3.51. The van der Waals surface area contributed by atoms with Crippen molar-refractivity contribution in [2.24, 2.45) is 5.92 Å². The number of aliphatic hydroxyl groups is 1. The lowest BCUT2D eigenvalue weighted by atomic mass is 10.0.